The summed E-state index contributed by atoms with van der Waals surface area (Å²) in [6.07, 6.45) is 5.35. The highest BCUT2D eigenvalue weighted by molar-refractivity contribution is 5.94. The summed E-state index contributed by atoms with van der Waals surface area (Å²) in [5.41, 5.74) is 6.20. The van der Waals surface area contributed by atoms with Gasteiger partial charge in [0.05, 0.1) is 18.9 Å². The molecule has 0 saturated carbocycles. The van der Waals surface area contributed by atoms with E-state index in [9.17, 15) is 4.79 Å². The predicted molar refractivity (Wildman–Crippen MR) is 121 cm³/mol. The van der Waals surface area contributed by atoms with Crippen LogP contribution in [0.15, 0.2) is 54.7 Å². The van der Waals surface area contributed by atoms with E-state index < -0.39 is 0 Å². The largest absolute Gasteiger partial charge is 0.378 e. The van der Waals surface area contributed by atoms with Crippen molar-refractivity contribution in [1.82, 2.24) is 19.2 Å². The number of benzene rings is 1. The molecule has 0 atom stereocenters. The number of aromatic nitrogens is 2. The molecule has 2 aliphatic heterocycles. The Kier molecular flexibility index (Phi) is 5.57. The smallest absolute Gasteiger partial charge is 0.274 e. The standard InChI is InChI=1S/C25H28N4O2/c1-19-6-5-11-29-22(23(26-24(19)29)25(30)28-14-16-31-17-15-28)18-27-12-9-21(10-13-27)20-7-3-2-4-8-20/h2-9,11H,10,12-18H2,1H3. The summed E-state index contributed by atoms with van der Waals surface area (Å²) in [6.45, 7) is 7.01. The number of carbonyl (C=O) groups is 1. The Balaban J connectivity index is 1.43. The minimum atomic E-state index is 0.0129. The number of ether oxygens (including phenoxy) is 1. The molecule has 31 heavy (non-hydrogen) atoms. The highest BCUT2D eigenvalue weighted by Crippen LogP contribution is 2.25. The summed E-state index contributed by atoms with van der Waals surface area (Å²) in [5, 5.41) is 0. The molecule has 0 aliphatic carbocycles. The van der Waals surface area contributed by atoms with Gasteiger partial charge in [-0.25, -0.2) is 4.98 Å². The number of rotatable bonds is 4. The molecular weight excluding hydrogens is 388 g/mol. The molecule has 6 nitrogen and oxygen atoms in total. The van der Waals surface area contributed by atoms with E-state index in [1.807, 2.05) is 30.2 Å². The molecule has 2 aliphatic rings. The second-order valence-corrected chi connectivity index (χ2v) is 8.28. The van der Waals surface area contributed by atoms with Crippen molar-refractivity contribution >= 4 is 17.1 Å². The molecule has 1 fully saturated rings. The lowest BCUT2D eigenvalue weighted by Crippen LogP contribution is -2.41. The van der Waals surface area contributed by atoms with E-state index in [1.54, 1.807) is 0 Å². The number of hydrogen-bond acceptors (Lipinski definition) is 4. The van der Waals surface area contributed by atoms with Gasteiger partial charge in [-0.05, 0) is 36.1 Å². The molecule has 2 aromatic heterocycles. The van der Waals surface area contributed by atoms with Crippen LogP contribution in [0.3, 0.4) is 0 Å². The number of imidazole rings is 1. The molecule has 0 bridgehead atoms. The molecule has 5 rings (SSSR count). The highest BCUT2D eigenvalue weighted by Gasteiger charge is 2.27. The van der Waals surface area contributed by atoms with Crippen molar-refractivity contribution < 1.29 is 9.53 Å². The number of fused-ring (bicyclic) bond motifs is 1. The van der Waals surface area contributed by atoms with Crippen LogP contribution in [0.2, 0.25) is 0 Å². The number of amides is 1. The Bertz CT molecular complexity index is 1110. The second kappa shape index (κ2) is 8.65. The first-order chi connectivity index (χ1) is 15.2. The van der Waals surface area contributed by atoms with E-state index in [1.165, 1.54) is 11.1 Å². The Hall–Kier alpha value is -2.96. The van der Waals surface area contributed by atoms with Gasteiger partial charge in [-0.1, -0.05) is 42.5 Å². The van der Waals surface area contributed by atoms with Crippen LogP contribution in [0.1, 0.15) is 33.7 Å². The van der Waals surface area contributed by atoms with Crippen LogP contribution in [-0.2, 0) is 11.3 Å². The van der Waals surface area contributed by atoms with Crippen molar-refractivity contribution in [2.45, 2.75) is 19.9 Å². The molecular formula is C25H28N4O2. The van der Waals surface area contributed by atoms with Gasteiger partial charge in [-0.3, -0.25) is 9.69 Å². The molecule has 6 heteroatoms. The Morgan fingerprint density at radius 1 is 1.06 bits per heavy atom. The second-order valence-electron chi connectivity index (χ2n) is 8.28. The fraction of sp³-hybridized carbons (Fsp3) is 0.360. The average Bonchev–Trinajstić information content (AvgIpc) is 3.20. The van der Waals surface area contributed by atoms with Gasteiger partial charge in [0.25, 0.3) is 5.91 Å². The first-order valence-electron chi connectivity index (χ1n) is 11.0. The lowest BCUT2D eigenvalue weighted by atomic mass is 9.99. The first kappa shape index (κ1) is 20.0. The van der Waals surface area contributed by atoms with Crippen LogP contribution < -0.4 is 0 Å². The average molecular weight is 417 g/mol. The molecule has 0 spiro atoms. The van der Waals surface area contributed by atoms with Crippen molar-refractivity contribution in [1.29, 1.82) is 0 Å². The van der Waals surface area contributed by atoms with E-state index in [0.29, 0.717) is 38.5 Å². The predicted octanol–water partition coefficient (Wildman–Crippen LogP) is 3.40. The SMILES string of the molecule is Cc1cccn2c(CN3CC=C(c4ccccc4)CC3)c(C(=O)N3CCOCC3)nc12. The first-order valence-corrected chi connectivity index (χ1v) is 11.0. The third-order valence-corrected chi connectivity index (χ3v) is 6.26. The van der Waals surface area contributed by atoms with Gasteiger partial charge in [0, 0.05) is 38.9 Å². The number of aryl methyl sites for hydroxylation is 1. The normalized spacial score (nSPS) is 17.7. The summed E-state index contributed by atoms with van der Waals surface area (Å²) in [7, 11) is 0. The van der Waals surface area contributed by atoms with Crippen molar-refractivity contribution in [3.05, 3.63) is 77.3 Å². The fourth-order valence-corrected chi connectivity index (χ4v) is 4.47. The molecule has 0 N–H and O–H groups in total. The molecule has 160 valence electrons. The van der Waals surface area contributed by atoms with Crippen molar-refractivity contribution in [2.75, 3.05) is 39.4 Å². The molecule has 3 aromatic rings. The van der Waals surface area contributed by atoms with E-state index >= 15 is 0 Å². The Morgan fingerprint density at radius 2 is 1.87 bits per heavy atom. The summed E-state index contributed by atoms with van der Waals surface area (Å²) < 4.78 is 7.52. The molecule has 1 saturated heterocycles. The molecule has 0 unspecified atom stereocenters. The minimum Gasteiger partial charge on any atom is -0.378 e. The Morgan fingerprint density at radius 3 is 2.61 bits per heavy atom. The van der Waals surface area contributed by atoms with Gasteiger partial charge in [0.1, 0.15) is 5.65 Å². The van der Waals surface area contributed by atoms with E-state index in [0.717, 1.165) is 36.4 Å². The maximum Gasteiger partial charge on any atom is 0.274 e. The van der Waals surface area contributed by atoms with Gasteiger partial charge in [-0.2, -0.15) is 0 Å². The van der Waals surface area contributed by atoms with Crippen LogP contribution in [0.5, 0.6) is 0 Å². The lowest BCUT2D eigenvalue weighted by Gasteiger charge is -2.28. The maximum absolute atomic E-state index is 13.3. The van der Waals surface area contributed by atoms with Crippen LogP contribution in [0.4, 0.5) is 0 Å². The number of nitrogens with zero attached hydrogens (tertiary/aromatic N) is 4. The third kappa shape index (κ3) is 4.01. The topological polar surface area (TPSA) is 50.1 Å². The molecule has 1 aromatic carbocycles. The monoisotopic (exact) mass is 416 g/mol. The Labute approximate surface area is 182 Å². The van der Waals surface area contributed by atoms with Gasteiger partial charge < -0.3 is 14.0 Å². The molecule has 4 heterocycles. The fourth-order valence-electron chi connectivity index (χ4n) is 4.47. The van der Waals surface area contributed by atoms with Crippen LogP contribution in [0, 0.1) is 6.92 Å². The van der Waals surface area contributed by atoms with Gasteiger partial charge in [0.15, 0.2) is 5.69 Å². The zero-order chi connectivity index (χ0) is 21.2. The van der Waals surface area contributed by atoms with Crippen LogP contribution in [-0.4, -0.2) is 64.5 Å². The summed E-state index contributed by atoms with van der Waals surface area (Å²) in [4.78, 5) is 22.4. The van der Waals surface area contributed by atoms with Crippen molar-refractivity contribution in [3.63, 3.8) is 0 Å². The van der Waals surface area contributed by atoms with Crippen molar-refractivity contribution in [2.24, 2.45) is 0 Å². The lowest BCUT2D eigenvalue weighted by molar-refractivity contribution is 0.0298. The summed E-state index contributed by atoms with van der Waals surface area (Å²) >= 11 is 0. The van der Waals surface area contributed by atoms with E-state index in [2.05, 4.69) is 45.7 Å². The van der Waals surface area contributed by atoms with Crippen LogP contribution >= 0.6 is 0 Å². The number of pyridine rings is 1. The minimum absolute atomic E-state index is 0.0129. The van der Waals surface area contributed by atoms with E-state index in [-0.39, 0.29) is 5.91 Å². The van der Waals surface area contributed by atoms with Gasteiger partial charge in [-0.15, -0.1) is 0 Å². The van der Waals surface area contributed by atoms with E-state index in [4.69, 9.17) is 9.72 Å². The van der Waals surface area contributed by atoms with Gasteiger partial charge in [0.2, 0.25) is 0 Å². The maximum atomic E-state index is 13.3. The number of carbonyl (C=O) groups excluding carboxylic acids is 1. The van der Waals surface area contributed by atoms with Crippen molar-refractivity contribution in [3.8, 4) is 0 Å². The zero-order valence-electron chi connectivity index (χ0n) is 18.0. The van der Waals surface area contributed by atoms with Gasteiger partial charge >= 0.3 is 0 Å². The highest BCUT2D eigenvalue weighted by atomic mass is 16.5. The summed E-state index contributed by atoms with van der Waals surface area (Å²) in [5.74, 6) is 0.0129. The molecule has 0 radical (unpaired) electrons. The van der Waals surface area contributed by atoms with Crippen LogP contribution in [0.25, 0.3) is 11.2 Å². The quantitative estimate of drug-likeness (QED) is 0.654. The summed E-state index contributed by atoms with van der Waals surface area (Å²) in [6, 6.07) is 14.7. The molecule has 1 amide bonds. The number of morpholine rings is 1. The zero-order valence-corrected chi connectivity index (χ0v) is 18.0. The third-order valence-electron chi connectivity index (χ3n) is 6.26. The number of hydrogen-bond donors (Lipinski definition) is 0.